The van der Waals surface area contributed by atoms with Crippen molar-refractivity contribution in [3.63, 3.8) is 0 Å². The van der Waals surface area contributed by atoms with E-state index in [4.69, 9.17) is 5.73 Å². The maximum atomic E-state index is 10.3. The molecule has 0 spiro atoms. The maximum Gasteiger partial charge on any atom is 0.271 e. The predicted molar refractivity (Wildman–Crippen MR) is 28.8 cm³/mol. The van der Waals surface area contributed by atoms with Crippen LogP contribution in [0.3, 0.4) is 0 Å². The van der Waals surface area contributed by atoms with Crippen molar-refractivity contribution in [2.24, 2.45) is 0 Å². The zero-order chi connectivity index (χ0) is 5.98. The highest BCUT2D eigenvalue weighted by atomic mass is 16.3. The molecule has 0 unspecified atom stereocenters. The average molecular weight is 109 g/mol. The first-order valence-corrected chi connectivity index (χ1v) is 2.18. The van der Waals surface area contributed by atoms with Crippen LogP contribution in [0.25, 0.3) is 0 Å². The number of aromatic nitrogens is 1. The van der Waals surface area contributed by atoms with E-state index in [2.05, 4.69) is 4.98 Å². The lowest BCUT2D eigenvalue weighted by Crippen LogP contribution is -1.86. The number of rotatable bonds is 0. The second kappa shape index (κ2) is 1.69. The van der Waals surface area contributed by atoms with Gasteiger partial charge in [0.15, 0.2) is 0 Å². The van der Waals surface area contributed by atoms with Crippen molar-refractivity contribution >= 4 is 5.82 Å². The van der Waals surface area contributed by atoms with Crippen molar-refractivity contribution in [2.45, 2.75) is 0 Å². The van der Waals surface area contributed by atoms with Crippen LogP contribution in [0, 0.1) is 0 Å². The van der Waals surface area contributed by atoms with E-state index in [-0.39, 0.29) is 11.7 Å². The summed E-state index contributed by atoms with van der Waals surface area (Å²) in [5, 5.41) is 10.3. The van der Waals surface area contributed by atoms with Crippen LogP contribution in [0.15, 0.2) is 18.2 Å². The van der Waals surface area contributed by atoms with Gasteiger partial charge in [-0.2, -0.15) is 4.98 Å². The third-order valence-corrected chi connectivity index (χ3v) is 0.745. The molecule has 1 radical (unpaired) electrons. The first-order chi connectivity index (χ1) is 3.79. The van der Waals surface area contributed by atoms with Gasteiger partial charge < -0.3 is 5.73 Å². The van der Waals surface area contributed by atoms with Gasteiger partial charge in [0.1, 0.15) is 5.82 Å². The molecule has 0 bridgehead atoms. The number of nitrogen functional groups attached to an aromatic ring is 1. The van der Waals surface area contributed by atoms with Gasteiger partial charge in [-0.05, 0) is 6.07 Å². The first-order valence-electron chi connectivity index (χ1n) is 2.18. The highest BCUT2D eigenvalue weighted by molar-refractivity contribution is 5.30. The zero-order valence-corrected chi connectivity index (χ0v) is 4.16. The Morgan fingerprint density at radius 1 is 1.50 bits per heavy atom. The fourth-order valence-corrected chi connectivity index (χ4v) is 0.431. The molecular weight excluding hydrogens is 104 g/mol. The van der Waals surface area contributed by atoms with E-state index in [1.54, 1.807) is 12.1 Å². The number of hydrogen-bond donors (Lipinski definition) is 1. The summed E-state index contributed by atoms with van der Waals surface area (Å²) in [5.74, 6) is -0.0116. The van der Waals surface area contributed by atoms with Crippen molar-refractivity contribution in [3.8, 4) is 5.88 Å². The summed E-state index contributed by atoms with van der Waals surface area (Å²) in [4.78, 5) is 3.40. The van der Waals surface area contributed by atoms with Gasteiger partial charge in [0.2, 0.25) is 0 Å². The van der Waals surface area contributed by atoms with Crippen LogP contribution in [0.5, 0.6) is 5.88 Å². The highest BCUT2D eigenvalue weighted by Crippen LogP contribution is 2.05. The van der Waals surface area contributed by atoms with Gasteiger partial charge in [0.05, 0.1) is 0 Å². The Bertz CT molecular complexity index is 170. The van der Waals surface area contributed by atoms with Crippen molar-refractivity contribution in [2.75, 3.05) is 5.73 Å². The molecule has 1 rings (SSSR count). The quantitative estimate of drug-likeness (QED) is 0.535. The minimum absolute atomic E-state index is 0.275. The van der Waals surface area contributed by atoms with Crippen molar-refractivity contribution in [1.82, 2.24) is 4.98 Å². The summed E-state index contributed by atoms with van der Waals surface area (Å²) < 4.78 is 0. The summed E-state index contributed by atoms with van der Waals surface area (Å²) in [7, 11) is 0. The number of anilines is 1. The van der Waals surface area contributed by atoms with Gasteiger partial charge in [0, 0.05) is 6.07 Å². The predicted octanol–water partition coefficient (Wildman–Crippen LogP) is 0.808. The van der Waals surface area contributed by atoms with Crippen molar-refractivity contribution < 1.29 is 5.11 Å². The van der Waals surface area contributed by atoms with Gasteiger partial charge in [0.25, 0.3) is 5.88 Å². The molecule has 8 heavy (non-hydrogen) atoms. The van der Waals surface area contributed by atoms with Crippen LogP contribution in [0.4, 0.5) is 5.82 Å². The van der Waals surface area contributed by atoms with E-state index < -0.39 is 0 Å². The number of hydrogen-bond acceptors (Lipinski definition) is 2. The molecule has 0 aromatic carbocycles. The minimum atomic E-state index is -0.287. The molecule has 3 nitrogen and oxygen atoms in total. The topological polar surface area (TPSA) is 58.8 Å². The molecule has 41 valence electrons. The molecule has 0 aliphatic rings. The van der Waals surface area contributed by atoms with E-state index in [0.29, 0.717) is 0 Å². The summed E-state index contributed by atoms with van der Waals surface area (Å²) >= 11 is 0. The molecule has 1 heterocycles. The third kappa shape index (κ3) is 0.872. The Kier molecular flexibility index (Phi) is 1.04. The second-order valence-corrected chi connectivity index (χ2v) is 1.40. The summed E-state index contributed by atoms with van der Waals surface area (Å²) in [5.41, 5.74) is 5.15. The second-order valence-electron chi connectivity index (χ2n) is 1.40. The minimum Gasteiger partial charge on any atom is -0.384 e. The lowest BCUT2D eigenvalue weighted by atomic mass is 10.5. The van der Waals surface area contributed by atoms with E-state index in [1.807, 2.05) is 0 Å². The Labute approximate surface area is 46.8 Å². The van der Waals surface area contributed by atoms with Crippen molar-refractivity contribution in [3.05, 3.63) is 18.2 Å². The summed E-state index contributed by atoms with van der Waals surface area (Å²) in [6, 6.07) is 4.50. The van der Waals surface area contributed by atoms with Crippen LogP contribution in [-0.2, 0) is 5.11 Å². The molecule has 0 atom stereocenters. The van der Waals surface area contributed by atoms with Gasteiger partial charge in [-0.1, -0.05) is 6.07 Å². The van der Waals surface area contributed by atoms with E-state index >= 15 is 0 Å². The third-order valence-electron chi connectivity index (χ3n) is 0.745. The molecule has 2 N–H and O–H groups in total. The smallest absolute Gasteiger partial charge is 0.271 e. The number of nitrogens with zero attached hydrogens (tertiary/aromatic N) is 1. The SMILES string of the molecule is Nc1cccc([O])n1. The standard InChI is InChI=1S/C5H5N2O/c6-4-2-1-3-5(8)7-4/h1-3H,(H2,6,7). The van der Waals surface area contributed by atoms with E-state index in [1.165, 1.54) is 6.07 Å². The monoisotopic (exact) mass is 109 g/mol. The molecule has 3 heteroatoms. The lowest BCUT2D eigenvalue weighted by Gasteiger charge is -1.86. The first kappa shape index (κ1) is 4.90. The summed E-state index contributed by atoms with van der Waals surface area (Å²) in [6.45, 7) is 0. The molecule has 0 saturated carbocycles. The maximum absolute atomic E-state index is 10.3. The molecule has 0 saturated heterocycles. The number of pyridine rings is 1. The zero-order valence-electron chi connectivity index (χ0n) is 4.16. The number of nitrogens with two attached hydrogens (primary N) is 1. The normalized spacial score (nSPS) is 9.00. The highest BCUT2D eigenvalue weighted by Gasteiger charge is 1.88. The van der Waals surface area contributed by atoms with Crippen LogP contribution in [0.1, 0.15) is 0 Å². The average Bonchev–Trinajstić information content (AvgIpc) is 1.64. The molecule has 0 aliphatic heterocycles. The van der Waals surface area contributed by atoms with E-state index in [0.717, 1.165) is 0 Å². The molecule has 0 aliphatic carbocycles. The van der Waals surface area contributed by atoms with Crippen LogP contribution < -0.4 is 5.73 Å². The van der Waals surface area contributed by atoms with Gasteiger partial charge in [-0.15, -0.1) is 0 Å². The van der Waals surface area contributed by atoms with Crippen LogP contribution in [-0.4, -0.2) is 4.98 Å². The van der Waals surface area contributed by atoms with Gasteiger partial charge in [-0.3, -0.25) is 5.11 Å². The van der Waals surface area contributed by atoms with Crippen LogP contribution >= 0.6 is 0 Å². The van der Waals surface area contributed by atoms with Gasteiger partial charge >= 0.3 is 0 Å². The molecule has 1 aromatic rings. The lowest BCUT2D eigenvalue weighted by molar-refractivity contribution is 0.338. The van der Waals surface area contributed by atoms with Crippen LogP contribution in [0.2, 0.25) is 0 Å². The fraction of sp³-hybridized carbons (Fsp3) is 0. The molecule has 1 aromatic heterocycles. The Morgan fingerprint density at radius 2 is 2.25 bits per heavy atom. The summed E-state index contributed by atoms with van der Waals surface area (Å²) in [6.07, 6.45) is 0. The molecule has 0 amide bonds. The Balaban J connectivity index is 3.08. The van der Waals surface area contributed by atoms with E-state index in [9.17, 15) is 5.11 Å². The Hall–Kier alpha value is -1.25. The van der Waals surface area contributed by atoms with Crippen molar-refractivity contribution in [1.29, 1.82) is 0 Å². The largest absolute Gasteiger partial charge is 0.384 e. The molecular formula is C5H5N2O. The fourth-order valence-electron chi connectivity index (χ4n) is 0.431. The Morgan fingerprint density at radius 3 is 2.62 bits per heavy atom. The molecule has 0 fully saturated rings. The van der Waals surface area contributed by atoms with Gasteiger partial charge in [-0.25, -0.2) is 0 Å².